The number of rotatable bonds is 28. The molecule has 0 aliphatic carbocycles. The van der Waals surface area contributed by atoms with Gasteiger partial charge in [0, 0.05) is 13.7 Å². The van der Waals surface area contributed by atoms with Gasteiger partial charge < -0.3 is 25.2 Å². The second-order valence-electron chi connectivity index (χ2n) is 12.1. The monoisotopic (exact) mass is 1340 g/mol. The number of aliphatic hydroxyl groups excluding tert-OH is 1. The lowest BCUT2D eigenvalue weighted by Crippen LogP contribution is -2.47. The van der Waals surface area contributed by atoms with Crippen molar-refractivity contribution in [3.63, 3.8) is 0 Å². The lowest BCUT2D eigenvalue weighted by atomic mass is 10.1. The molecule has 0 aromatic heterocycles. The fraction of sp³-hybridized carbons (Fsp3) is 0.639. The predicted molar refractivity (Wildman–Crippen MR) is 251 cm³/mol. The van der Waals surface area contributed by atoms with Gasteiger partial charge in [0.15, 0.2) is 0 Å². The number of hydrogen-bond acceptors (Lipinski definition) is 5. The molecule has 1 amide bonds. The van der Waals surface area contributed by atoms with Gasteiger partial charge in [0.2, 0.25) is 5.91 Å². The Bertz CT molecular complexity index is 1140. The number of benzene rings is 2. The van der Waals surface area contributed by atoms with E-state index in [0.29, 0.717) is 6.54 Å². The first-order valence-electron chi connectivity index (χ1n) is 17.4. The molecule has 0 bridgehead atoms. The van der Waals surface area contributed by atoms with Crippen LogP contribution in [-0.4, -0.2) is 50.0 Å². The third-order valence-corrected chi connectivity index (χ3v) is 12.5. The number of carbonyl (C=O) groups is 1. The minimum atomic E-state index is -0.507. The predicted octanol–water partition coefficient (Wildman–Crippen LogP) is 11.5. The topological polar surface area (TPSA) is 79.8 Å². The van der Waals surface area contributed by atoms with Crippen molar-refractivity contribution in [2.75, 3.05) is 32.9 Å². The van der Waals surface area contributed by atoms with E-state index in [1.165, 1.54) is 92.1 Å². The van der Waals surface area contributed by atoms with Crippen molar-refractivity contribution in [2.24, 2.45) is 0 Å². The summed E-state index contributed by atoms with van der Waals surface area (Å²) in [5.74, 6) is 1.97. The quantitative estimate of drug-likeness (QED) is 0.0584. The maximum absolute atomic E-state index is 12.5. The maximum atomic E-state index is 12.5. The zero-order chi connectivity index (χ0) is 35.0. The van der Waals surface area contributed by atoms with Gasteiger partial charge in [0.05, 0.1) is 34.1 Å². The first kappa shape index (κ1) is 46.0. The molecule has 0 radical (unpaired) electrons. The summed E-state index contributed by atoms with van der Waals surface area (Å²) in [6.07, 6.45) is 20.2. The van der Waals surface area contributed by atoms with Gasteiger partial charge in [-0.25, -0.2) is 0 Å². The Labute approximate surface area is 371 Å². The van der Waals surface area contributed by atoms with E-state index in [9.17, 15) is 9.90 Å². The van der Waals surface area contributed by atoms with Crippen molar-refractivity contribution in [1.82, 2.24) is 10.6 Å². The summed E-state index contributed by atoms with van der Waals surface area (Å²) in [6, 6.07) is 8.13. The fourth-order valence-corrected chi connectivity index (χ4v) is 13.1. The van der Waals surface area contributed by atoms with Crippen molar-refractivity contribution in [1.29, 1.82) is 0 Å². The third kappa shape index (κ3) is 20.9. The Balaban J connectivity index is 1.34. The van der Waals surface area contributed by atoms with Crippen LogP contribution in [0.15, 0.2) is 24.3 Å². The second kappa shape index (κ2) is 29.2. The van der Waals surface area contributed by atoms with Crippen LogP contribution in [0.4, 0.5) is 0 Å². The normalized spacial score (nSPS) is 11.9. The average Bonchev–Trinajstić information content (AvgIpc) is 3.03. The van der Waals surface area contributed by atoms with Gasteiger partial charge in [0.25, 0.3) is 0 Å². The van der Waals surface area contributed by atoms with Crippen LogP contribution in [0.1, 0.15) is 109 Å². The van der Waals surface area contributed by atoms with E-state index in [-0.39, 0.29) is 12.5 Å². The van der Waals surface area contributed by atoms with Gasteiger partial charge in [-0.2, -0.15) is 0 Å². The Morgan fingerprint density at radius 1 is 0.542 bits per heavy atom. The molecule has 2 aromatic rings. The first-order chi connectivity index (χ1) is 23.2. The summed E-state index contributed by atoms with van der Waals surface area (Å²) in [5, 5.41) is 15.9. The molecule has 2 rings (SSSR count). The maximum Gasteiger partial charge on any atom is 0.239 e. The van der Waals surface area contributed by atoms with Crippen LogP contribution in [0.2, 0.25) is 0 Å². The van der Waals surface area contributed by atoms with Crippen LogP contribution >= 0.6 is 136 Å². The molecule has 0 aliphatic heterocycles. The molecule has 0 saturated carbocycles. The molecule has 0 heterocycles. The van der Waals surface area contributed by atoms with E-state index in [1.54, 1.807) is 0 Å². The largest absolute Gasteiger partial charge is 0.491 e. The Morgan fingerprint density at radius 3 is 1.25 bits per heavy atom. The summed E-state index contributed by atoms with van der Waals surface area (Å²) in [5.41, 5.74) is 0. The molecule has 272 valence electrons. The molecule has 12 heteroatoms. The summed E-state index contributed by atoms with van der Waals surface area (Å²) in [7, 11) is 0. The van der Waals surface area contributed by atoms with Gasteiger partial charge >= 0.3 is 0 Å². The Morgan fingerprint density at radius 2 is 0.875 bits per heavy atom. The standard InChI is InChI=1S/C36H52I6N2O4/c37-27-22-29(39)34(30(40)23-27)47-20-16-12-8-4-1-2-7-11-15-19-44-36(46)33(26-45)43-18-14-10-6-3-5-9-13-17-21-48-35-31(41)24-28(38)25-32(35)42/h22-25,33,43,45H,1-21,26H2,(H,44,46)/t33-/m0/s1. The zero-order valence-electron chi connectivity index (χ0n) is 27.9. The summed E-state index contributed by atoms with van der Waals surface area (Å²) in [6.45, 7) is 2.87. The highest BCUT2D eigenvalue weighted by molar-refractivity contribution is 14.1. The molecule has 2 aromatic carbocycles. The van der Waals surface area contributed by atoms with Crippen molar-refractivity contribution in [3.05, 3.63) is 45.7 Å². The molecule has 48 heavy (non-hydrogen) atoms. The summed E-state index contributed by atoms with van der Waals surface area (Å²) < 4.78 is 19.3. The molecule has 0 spiro atoms. The Hall–Kier alpha value is 1.81. The number of unbranched alkanes of at least 4 members (excludes halogenated alkanes) is 15. The molecular formula is C36H52I6N2O4. The van der Waals surface area contributed by atoms with Crippen molar-refractivity contribution in [3.8, 4) is 11.5 Å². The number of nitrogens with one attached hydrogen (secondary N) is 2. The van der Waals surface area contributed by atoms with Crippen LogP contribution in [0.3, 0.4) is 0 Å². The van der Waals surface area contributed by atoms with Gasteiger partial charge in [-0.3, -0.25) is 4.79 Å². The smallest absolute Gasteiger partial charge is 0.239 e. The molecule has 0 aliphatic rings. The van der Waals surface area contributed by atoms with E-state index in [0.717, 1.165) is 69.8 Å². The van der Waals surface area contributed by atoms with Gasteiger partial charge in [-0.05, 0) is 192 Å². The van der Waals surface area contributed by atoms with Gasteiger partial charge in [-0.15, -0.1) is 0 Å². The van der Waals surface area contributed by atoms with Crippen molar-refractivity contribution >= 4 is 141 Å². The van der Waals surface area contributed by atoms with Gasteiger partial charge in [0.1, 0.15) is 17.5 Å². The Kier molecular flexibility index (Phi) is 28.0. The van der Waals surface area contributed by atoms with Gasteiger partial charge in [-0.1, -0.05) is 83.5 Å². The van der Waals surface area contributed by atoms with Crippen LogP contribution in [0.5, 0.6) is 11.5 Å². The minimum absolute atomic E-state index is 0.0802. The molecular weight excluding hydrogens is 1290 g/mol. The van der Waals surface area contributed by atoms with E-state index in [2.05, 4.69) is 170 Å². The summed E-state index contributed by atoms with van der Waals surface area (Å²) >= 11 is 14.1. The van der Waals surface area contributed by atoms with E-state index < -0.39 is 6.04 Å². The van der Waals surface area contributed by atoms with Crippen LogP contribution in [0.25, 0.3) is 0 Å². The molecule has 0 fully saturated rings. The number of carbonyl (C=O) groups excluding carboxylic acids is 1. The SMILES string of the molecule is O=C(NCCCCCCCCCCCOc1c(I)cc(I)cc1I)[C@H](CO)NCCCCCCCCCCOc1c(I)cc(I)cc1I. The van der Waals surface area contributed by atoms with Crippen LogP contribution in [-0.2, 0) is 4.79 Å². The third-order valence-electron chi connectivity index (χ3n) is 8.00. The molecule has 3 N–H and O–H groups in total. The number of hydrogen-bond donors (Lipinski definition) is 3. The number of halogens is 6. The zero-order valence-corrected chi connectivity index (χ0v) is 40.8. The molecule has 6 nitrogen and oxygen atoms in total. The minimum Gasteiger partial charge on any atom is -0.491 e. The lowest BCUT2D eigenvalue weighted by molar-refractivity contribution is -0.124. The molecule has 1 atom stereocenters. The van der Waals surface area contributed by atoms with E-state index in [4.69, 9.17) is 9.47 Å². The highest BCUT2D eigenvalue weighted by atomic mass is 127. The van der Waals surface area contributed by atoms with Crippen molar-refractivity contribution < 1.29 is 19.4 Å². The molecule has 0 saturated heterocycles. The van der Waals surface area contributed by atoms with E-state index >= 15 is 0 Å². The van der Waals surface area contributed by atoms with E-state index in [1.807, 2.05) is 0 Å². The molecule has 0 unspecified atom stereocenters. The highest BCUT2D eigenvalue weighted by Gasteiger charge is 2.15. The van der Waals surface area contributed by atoms with Crippen LogP contribution < -0.4 is 20.1 Å². The second-order valence-corrected chi connectivity index (χ2v) is 19.2. The highest BCUT2D eigenvalue weighted by Crippen LogP contribution is 2.31. The summed E-state index contributed by atoms with van der Waals surface area (Å²) in [4.78, 5) is 12.5. The fourth-order valence-electron chi connectivity index (χ4n) is 5.29. The number of ether oxygens (including phenoxy) is 2. The van der Waals surface area contributed by atoms with Crippen molar-refractivity contribution in [2.45, 2.75) is 115 Å². The number of aliphatic hydroxyl groups is 1. The number of amides is 1. The average molecular weight is 1340 g/mol. The van der Waals surface area contributed by atoms with Crippen LogP contribution in [0, 0.1) is 21.4 Å². The lowest BCUT2D eigenvalue weighted by Gasteiger charge is -2.16. The first-order valence-corrected chi connectivity index (χ1v) is 23.9.